The predicted molar refractivity (Wildman–Crippen MR) is 53.6 cm³/mol. The van der Waals surface area contributed by atoms with Crippen molar-refractivity contribution in [3.63, 3.8) is 0 Å². The van der Waals surface area contributed by atoms with Crippen molar-refractivity contribution < 1.29 is 9.63 Å². The number of amides is 1. The standard InChI is InChI=1S/C8H7BrClNO2/c1-13-11-8(12)5-2-3-6(9)7(10)4-5/h2-4H,1H3,(H,11,12). The van der Waals surface area contributed by atoms with Crippen LogP contribution in [-0.2, 0) is 4.84 Å². The maximum Gasteiger partial charge on any atom is 0.274 e. The Morgan fingerprint density at radius 1 is 1.62 bits per heavy atom. The second-order valence-corrected chi connectivity index (χ2v) is 3.53. The Kier molecular flexibility index (Phi) is 3.71. The predicted octanol–water partition coefficient (Wildman–Crippen LogP) is 2.39. The van der Waals surface area contributed by atoms with Crippen LogP contribution in [0.15, 0.2) is 22.7 Å². The molecule has 70 valence electrons. The number of benzene rings is 1. The lowest BCUT2D eigenvalue weighted by Crippen LogP contribution is -2.21. The largest absolute Gasteiger partial charge is 0.277 e. The van der Waals surface area contributed by atoms with E-state index in [9.17, 15) is 4.79 Å². The van der Waals surface area contributed by atoms with Crippen LogP contribution in [0.2, 0.25) is 5.02 Å². The first kappa shape index (κ1) is 10.5. The molecule has 1 rings (SSSR count). The van der Waals surface area contributed by atoms with E-state index in [0.717, 1.165) is 4.47 Å². The van der Waals surface area contributed by atoms with Gasteiger partial charge in [-0.05, 0) is 34.1 Å². The van der Waals surface area contributed by atoms with Crippen LogP contribution in [0.3, 0.4) is 0 Å². The summed E-state index contributed by atoms with van der Waals surface area (Å²) >= 11 is 9.01. The molecule has 1 aromatic rings. The number of carbonyl (C=O) groups is 1. The topological polar surface area (TPSA) is 38.3 Å². The van der Waals surface area contributed by atoms with E-state index in [4.69, 9.17) is 11.6 Å². The minimum absolute atomic E-state index is 0.322. The number of nitrogens with one attached hydrogen (secondary N) is 1. The van der Waals surface area contributed by atoms with Gasteiger partial charge in [0.15, 0.2) is 0 Å². The van der Waals surface area contributed by atoms with Crippen molar-refractivity contribution in [3.8, 4) is 0 Å². The third kappa shape index (κ3) is 2.69. The second-order valence-electron chi connectivity index (χ2n) is 2.26. The number of hydroxylamine groups is 1. The summed E-state index contributed by atoms with van der Waals surface area (Å²) in [7, 11) is 1.37. The second kappa shape index (κ2) is 4.60. The van der Waals surface area contributed by atoms with Crippen molar-refractivity contribution in [1.82, 2.24) is 5.48 Å². The normalized spacial score (nSPS) is 9.77. The van der Waals surface area contributed by atoms with E-state index in [1.807, 2.05) is 0 Å². The lowest BCUT2D eigenvalue weighted by molar-refractivity contribution is 0.0537. The molecule has 3 nitrogen and oxygen atoms in total. The van der Waals surface area contributed by atoms with E-state index in [-0.39, 0.29) is 5.91 Å². The van der Waals surface area contributed by atoms with Crippen molar-refractivity contribution in [2.75, 3.05) is 7.11 Å². The Hall–Kier alpha value is -0.580. The molecule has 0 heterocycles. The number of halogens is 2. The van der Waals surface area contributed by atoms with Crippen molar-refractivity contribution in [3.05, 3.63) is 33.3 Å². The summed E-state index contributed by atoms with van der Waals surface area (Å²) in [6.45, 7) is 0. The van der Waals surface area contributed by atoms with E-state index in [1.165, 1.54) is 7.11 Å². The third-order valence-corrected chi connectivity index (χ3v) is 2.61. The number of hydrogen-bond donors (Lipinski definition) is 1. The monoisotopic (exact) mass is 263 g/mol. The number of hydrogen-bond acceptors (Lipinski definition) is 2. The zero-order chi connectivity index (χ0) is 9.84. The first-order chi connectivity index (χ1) is 6.15. The molecular weight excluding hydrogens is 257 g/mol. The molecule has 1 aromatic carbocycles. The fraction of sp³-hybridized carbons (Fsp3) is 0.125. The van der Waals surface area contributed by atoms with E-state index in [2.05, 4.69) is 26.2 Å². The fourth-order valence-electron chi connectivity index (χ4n) is 0.789. The minimum atomic E-state index is -0.322. The Morgan fingerprint density at radius 2 is 2.31 bits per heavy atom. The van der Waals surface area contributed by atoms with Crippen LogP contribution >= 0.6 is 27.5 Å². The summed E-state index contributed by atoms with van der Waals surface area (Å²) < 4.78 is 0.753. The van der Waals surface area contributed by atoms with Gasteiger partial charge in [-0.2, -0.15) is 0 Å². The first-order valence-corrected chi connectivity index (χ1v) is 4.60. The van der Waals surface area contributed by atoms with Crippen LogP contribution in [0.1, 0.15) is 10.4 Å². The van der Waals surface area contributed by atoms with Gasteiger partial charge in [-0.3, -0.25) is 9.63 Å². The molecule has 1 N–H and O–H groups in total. The molecule has 0 saturated heterocycles. The van der Waals surface area contributed by atoms with Crippen molar-refractivity contribution in [2.45, 2.75) is 0 Å². The van der Waals surface area contributed by atoms with Crippen LogP contribution in [-0.4, -0.2) is 13.0 Å². The molecule has 0 aliphatic rings. The van der Waals surface area contributed by atoms with Gasteiger partial charge in [0.05, 0.1) is 12.1 Å². The smallest absolute Gasteiger partial charge is 0.274 e. The lowest BCUT2D eigenvalue weighted by Gasteiger charge is -2.02. The molecular formula is C8H7BrClNO2. The first-order valence-electron chi connectivity index (χ1n) is 3.43. The zero-order valence-electron chi connectivity index (χ0n) is 6.80. The molecule has 0 unspecified atom stereocenters. The molecule has 0 bridgehead atoms. The Bertz CT molecular complexity index is 330. The molecule has 0 fully saturated rings. The van der Waals surface area contributed by atoms with Crippen LogP contribution in [0.25, 0.3) is 0 Å². The van der Waals surface area contributed by atoms with E-state index < -0.39 is 0 Å². The Morgan fingerprint density at radius 3 is 2.85 bits per heavy atom. The molecule has 0 aliphatic heterocycles. The molecule has 0 spiro atoms. The third-order valence-electron chi connectivity index (χ3n) is 1.38. The lowest BCUT2D eigenvalue weighted by atomic mass is 10.2. The maximum atomic E-state index is 11.2. The number of carbonyl (C=O) groups excluding carboxylic acids is 1. The van der Waals surface area contributed by atoms with Gasteiger partial charge in [-0.25, -0.2) is 5.48 Å². The van der Waals surface area contributed by atoms with Crippen molar-refractivity contribution in [1.29, 1.82) is 0 Å². The molecule has 13 heavy (non-hydrogen) atoms. The number of rotatable bonds is 2. The van der Waals surface area contributed by atoms with Gasteiger partial charge in [0, 0.05) is 10.0 Å². The highest BCUT2D eigenvalue weighted by Crippen LogP contribution is 2.22. The highest BCUT2D eigenvalue weighted by Gasteiger charge is 2.06. The molecule has 0 radical (unpaired) electrons. The van der Waals surface area contributed by atoms with E-state index >= 15 is 0 Å². The average Bonchev–Trinajstić information content (AvgIpc) is 2.10. The Balaban J connectivity index is 2.90. The van der Waals surface area contributed by atoms with Crippen LogP contribution in [0, 0.1) is 0 Å². The summed E-state index contributed by atoms with van der Waals surface area (Å²) in [5.41, 5.74) is 2.65. The van der Waals surface area contributed by atoms with E-state index in [1.54, 1.807) is 18.2 Å². The maximum absolute atomic E-state index is 11.2. The minimum Gasteiger partial charge on any atom is -0.277 e. The van der Waals surface area contributed by atoms with Crippen LogP contribution in [0.5, 0.6) is 0 Å². The van der Waals surface area contributed by atoms with Crippen LogP contribution in [0.4, 0.5) is 0 Å². The average molecular weight is 265 g/mol. The molecule has 0 aliphatic carbocycles. The van der Waals surface area contributed by atoms with Gasteiger partial charge in [-0.1, -0.05) is 11.6 Å². The Labute approximate surface area is 89.1 Å². The molecule has 0 atom stereocenters. The molecule has 5 heteroatoms. The summed E-state index contributed by atoms with van der Waals surface area (Å²) in [4.78, 5) is 15.7. The van der Waals surface area contributed by atoms with E-state index in [0.29, 0.717) is 10.6 Å². The highest BCUT2D eigenvalue weighted by molar-refractivity contribution is 9.10. The molecule has 0 saturated carbocycles. The van der Waals surface area contributed by atoms with Gasteiger partial charge >= 0.3 is 0 Å². The van der Waals surface area contributed by atoms with Gasteiger partial charge in [0.25, 0.3) is 5.91 Å². The van der Waals surface area contributed by atoms with Gasteiger partial charge < -0.3 is 0 Å². The van der Waals surface area contributed by atoms with Crippen molar-refractivity contribution >= 4 is 33.4 Å². The van der Waals surface area contributed by atoms with Gasteiger partial charge in [0.2, 0.25) is 0 Å². The van der Waals surface area contributed by atoms with Crippen LogP contribution < -0.4 is 5.48 Å². The zero-order valence-corrected chi connectivity index (χ0v) is 9.15. The highest BCUT2D eigenvalue weighted by atomic mass is 79.9. The van der Waals surface area contributed by atoms with Gasteiger partial charge in [0.1, 0.15) is 0 Å². The summed E-state index contributed by atoms with van der Waals surface area (Å²) in [6.07, 6.45) is 0. The van der Waals surface area contributed by atoms with Crippen molar-refractivity contribution in [2.24, 2.45) is 0 Å². The SMILES string of the molecule is CONC(=O)c1ccc(Br)c(Cl)c1. The molecule has 1 amide bonds. The quantitative estimate of drug-likeness (QED) is 0.833. The summed E-state index contributed by atoms with van der Waals surface area (Å²) in [5, 5.41) is 0.490. The summed E-state index contributed by atoms with van der Waals surface area (Å²) in [5.74, 6) is -0.322. The molecule has 0 aromatic heterocycles. The summed E-state index contributed by atoms with van der Waals surface area (Å²) in [6, 6.07) is 4.90. The fourth-order valence-corrected chi connectivity index (χ4v) is 1.22. The van der Waals surface area contributed by atoms with Gasteiger partial charge in [-0.15, -0.1) is 0 Å².